The number of aromatic amines is 2. The van der Waals surface area contributed by atoms with Crippen LogP contribution in [0.15, 0.2) is 67.4 Å². The average Bonchev–Trinajstić information content (AvgIpc) is 3.45. The minimum Gasteiger partial charge on any atom is -0.348 e. The third-order valence-corrected chi connectivity index (χ3v) is 5.13. The summed E-state index contributed by atoms with van der Waals surface area (Å²) in [5.74, 6) is -0.0151. The lowest BCUT2D eigenvalue weighted by Crippen LogP contribution is -2.40. The van der Waals surface area contributed by atoms with E-state index in [9.17, 15) is 4.79 Å². The van der Waals surface area contributed by atoms with Gasteiger partial charge >= 0.3 is 0 Å². The highest BCUT2D eigenvalue weighted by atomic mass is 16.2. The van der Waals surface area contributed by atoms with Gasteiger partial charge in [0.15, 0.2) is 0 Å². The minimum atomic E-state index is -0.247. The molecular formula is C21H18N6O. The number of hydrogen-bond donors (Lipinski definition) is 2. The largest absolute Gasteiger partial charge is 0.348 e. The van der Waals surface area contributed by atoms with Gasteiger partial charge in [0, 0.05) is 42.8 Å². The number of amides is 1. The molecule has 0 fully saturated rings. The van der Waals surface area contributed by atoms with Gasteiger partial charge in [-0.25, -0.2) is 4.98 Å². The molecule has 1 aliphatic heterocycles. The van der Waals surface area contributed by atoms with Crippen LogP contribution >= 0.6 is 0 Å². The van der Waals surface area contributed by atoms with Crippen LogP contribution in [-0.4, -0.2) is 42.5 Å². The Hall–Kier alpha value is -3.74. The van der Waals surface area contributed by atoms with E-state index in [1.165, 1.54) is 0 Å². The first kappa shape index (κ1) is 16.4. The van der Waals surface area contributed by atoms with Crippen LogP contribution < -0.4 is 0 Å². The zero-order valence-electron chi connectivity index (χ0n) is 15.0. The van der Waals surface area contributed by atoms with Crippen molar-refractivity contribution in [2.45, 2.75) is 12.5 Å². The predicted octanol–water partition coefficient (Wildman–Crippen LogP) is 2.98. The molecule has 2 N–H and O–H groups in total. The summed E-state index contributed by atoms with van der Waals surface area (Å²) in [6.07, 6.45) is 7.70. The molecule has 0 aliphatic carbocycles. The number of aromatic nitrogens is 5. The molecular weight excluding hydrogens is 352 g/mol. The van der Waals surface area contributed by atoms with Gasteiger partial charge in [-0.15, -0.1) is 0 Å². The zero-order valence-corrected chi connectivity index (χ0v) is 15.0. The smallest absolute Gasteiger partial charge is 0.254 e. The van der Waals surface area contributed by atoms with E-state index in [-0.39, 0.29) is 11.9 Å². The van der Waals surface area contributed by atoms with E-state index in [4.69, 9.17) is 0 Å². The molecule has 4 aromatic rings. The first-order valence-electron chi connectivity index (χ1n) is 9.14. The zero-order chi connectivity index (χ0) is 18.9. The van der Waals surface area contributed by atoms with E-state index in [0.29, 0.717) is 12.1 Å². The summed E-state index contributed by atoms with van der Waals surface area (Å²) in [6, 6.07) is 13.1. The number of rotatable bonds is 3. The standard InChI is InChI=1S/C21H18N6O/c28-21(15-5-3-14(4-6-15)17-7-10-25-26-17)27-11-8-18-19(24-13-23-18)20(27)16-2-1-9-22-12-16/h1-7,9-10,12-13,20H,8,11H2,(H,23,24)(H,25,26)/t20-/m0/s1. The second-order valence-electron chi connectivity index (χ2n) is 6.75. The molecule has 1 amide bonds. The number of carbonyl (C=O) groups is 1. The number of nitrogens with zero attached hydrogens (tertiary/aromatic N) is 4. The van der Waals surface area contributed by atoms with Crippen LogP contribution in [0, 0.1) is 0 Å². The molecule has 0 bridgehead atoms. The molecule has 0 spiro atoms. The molecule has 4 heterocycles. The predicted molar refractivity (Wildman–Crippen MR) is 103 cm³/mol. The highest BCUT2D eigenvalue weighted by Crippen LogP contribution is 2.34. The van der Waals surface area contributed by atoms with E-state index >= 15 is 0 Å². The second-order valence-corrected chi connectivity index (χ2v) is 6.75. The molecule has 0 radical (unpaired) electrons. The molecule has 3 aromatic heterocycles. The maximum Gasteiger partial charge on any atom is 0.254 e. The van der Waals surface area contributed by atoms with Crippen LogP contribution in [-0.2, 0) is 6.42 Å². The van der Waals surface area contributed by atoms with Crippen molar-refractivity contribution in [1.29, 1.82) is 0 Å². The molecule has 0 saturated carbocycles. The summed E-state index contributed by atoms with van der Waals surface area (Å²) < 4.78 is 0. The Kier molecular flexibility index (Phi) is 3.97. The summed E-state index contributed by atoms with van der Waals surface area (Å²) in [5, 5.41) is 6.91. The van der Waals surface area contributed by atoms with E-state index in [1.807, 2.05) is 47.4 Å². The summed E-state index contributed by atoms with van der Waals surface area (Å²) in [6.45, 7) is 0.621. The topological polar surface area (TPSA) is 90.6 Å². The van der Waals surface area contributed by atoms with E-state index in [0.717, 1.165) is 34.6 Å². The van der Waals surface area contributed by atoms with Crippen LogP contribution in [0.3, 0.4) is 0 Å². The maximum atomic E-state index is 13.4. The van der Waals surface area contributed by atoms with Gasteiger partial charge in [-0.2, -0.15) is 5.10 Å². The van der Waals surface area contributed by atoms with Gasteiger partial charge in [0.2, 0.25) is 0 Å². The Morgan fingerprint density at radius 2 is 2.00 bits per heavy atom. The first-order chi connectivity index (χ1) is 13.8. The van der Waals surface area contributed by atoms with Crippen molar-refractivity contribution in [3.05, 3.63) is 89.9 Å². The Bertz CT molecular complexity index is 1090. The Morgan fingerprint density at radius 3 is 2.75 bits per heavy atom. The SMILES string of the molecule is O=C(c1ccc(-c2ccn[nH]2)cc1)N1CCc2[nH]cnc2[C@@H]1c1cccnc1. The fraction of sp³-hybridized carbons (Fsp3) is 0.143. The molecule has 7 nitrogen and oxygen atoms in total. The number of imidazole rings is 1. The monoisotopic (exact) mass is 370 g/mol. The van der Waals surface area contributed by atoms with Crippen LogP contribution in [0.2, 0.25) is 0 Å². The third kappa shape index (κ3) is 2.77. The van der Waals surface area contributed by atoms with Gasteiger partial charge in [-0.1, -0.05) is 18.2 Å². The molecule has 1 atom stereocenters. The van der Waals surface area contributed by atoms with Crippen LogP contribution in [0.1, 0.15) is 33.4 Å². The van der Waals surface area contributed by atoms with E-state index < -0.39 is 0 Å². The fourth-order valence-corrected chi connectivity index (χ4v) is 3.75. The molecule has 1 aromatic carbocycles. The highest BCUT2D eigenvalue weighted by Gasteiger charge is 2.34. The van der Waals surface area contributed by atoms with Crippen LogP contribution in [0.5, 0.6) is 0 Å². The van der Waals surface area contributed by atoms with Gasteiger partial charge in [-0.3, -0.25) is 14.9 Å². The lowest BCUT2D eigenvalue weighted by atomic mass is 9.95. The van der Waals surface area contributed by atoms with Crippen LogP contribution in [0.4, 0.5) is 0 Å². The summed E-state index contributed by atoms with van der Waals surface area (Å²) >= 11 is 0. The summed E-state index contributed by atoms with van der Waals surface area (Å²) in [4.78, 5) is 27.2. The van der Waals surface area contributed by atoms with Crippen LogP contribution in [0.25, 0.3) is 11.3 Å². The molecule has 28 heavy (non-hydrogen) atoms. The van der Waals surface area contributed by atoms with Gasteiger partial charge in [0.1, 0.15) is 6.04 Å². The van der Waals surface area contributed by atoms with Crippen molar-refractivity contribution in [3.63, 3.8) is 0 Å². The fourth-order valence-electron chi connectivity index (χ4n) is 3.75. The quantitative estimate of drug-likeness (QED) is 0.580. The number of benzene rings is 1. The highest BCUT2D eigenvalue weighted by molar-refractivity contribution is 5.95. The number of fused-ring (bicyclic) bond motifs is 1. The van der Waals surface area contributed by atoms with Crippen molar-refractivity contribution in [2.75, 3.05) is 6.54 Å². The lowest BCUT2D eigenvalue weighted by molar-refractivity contribution is 0.0690. The van der Waals surface area contributed by atoms with Crippen molar-refractivity contribution < 1.29 is 4.79 Å². The molecule has 7 heteroatoms. The number of pyridine rings is 1. The third-order valence-electron chi connectivity index (χ3n) is 5.13. The Morgan fingerprint density at radius 1 is 1.11 bits per heavy atom. The van der Waals surface area contributed by atoms with Gasteiger partial charge in [0.05, 0.1) is 17.7 Å². The molecule has 5 rings (SSSR count). The van der Waals surface area contributed by atoms with Crippen molar-refractivity contribution in [1.82, 2.24) is 30.0 Å². The van der Waals surface area contributed by atoms with Crippen molar-refractivity contribution in [2.24, 2.45) is 0 Å². The van der Waals surface area contributed by atoms with Gasteiger partial charge < -0.3 is 9.88 Å². The Balaban J connectivity index is 1.49. The minimum absolute atomic E-state index is 0.0151. The lowest BCUT2D eigenvalue weighted by Gasteiger charge is -2.35. The molecule has 138 valence electrons. The summed E-state index contributed by atoms with van der Waals surface area (Å²) in [7, 11) is 0. The normalized spacial score (nSPS) is 16.0. The number of hydrogen-bond acceptors (Lipinski definition) is 4. The van der Waals surface area contributed by atoms with Gasteiger partial charge in [-0.05, 0) is 35.4 Å². The Labute approximate surface area is 161 Å². The van der Waals surface area contributed by atoms with E-state index in [1.54, 1.807) is 24.9 Å². The maximum absolute atomic E-state index is 13.4. The van der Waals surface area contributed by atoms with Crippen molar-refractivity contribution in [3.8, 4) is 11.3 Å². The number of H-pyrrole nitrogens is 2. The molecule has 0 unspecified atom stereocenters. The van der Waals surface area contributed by atoms with E-state index in [2.05, 4.69) is 25.1 Å². The van der Waals surface area contributed by atoms with Crippen molar-refractivity contribution >= 4 is 5.91 Å². The second kappa shape index (κ2) is 6.77. The average molecular weight is 370 g/mol. The molecule has 0 saturated heterocycles. The first-order valence-corrected chi connectivity index (χ1v) is 9.14. The number of carbonyl (C=O) groups excluding carboxylic acids is 1. The molecule has 1 aliphatic rings. The summed E-state index contributed by atoms with van der Waals surface area (Å²) in [5.41, 5.74) is 5.49. The van der Waals surface area contributed by atoms with Gasteiger partial charge in [0.25, 0.3) is 5.91 Å². The number of nitrogens with one attached hydrogen (secondary N) is 2.